The fourth-order valence-electron chi connectivity index (χ4n) is 4.43. The van der Waals surface area contributed by atoms with Crippen molar-refractivity contribution in [2.75, 3.05) is 0 Å². The normalized spacial score (nSPS) is 30.1. The molecule has 0 bridgehead atoms. The van der Waals surface area contributed by atoms with Crippen LogP contribution in [0.15, 0.2) is 60.7 Å². The van der Waals surface area contributed by atoms with Crippen molar-refractivity contribution in [1.82, 2.24) is 0 Å². The zero-order valence-electron chi connectivity index (χ0n) is 14.5. The molecule has 2 heteroatoms. The molecule has 0 heterocycles. The number of carbonyl (C=O) groups excluding carboxylic acids is 2. The van der Waals surface area contributed by atoms with Gasteiger partial charge >= 0.3 is 0 Å². The first-order chi connectivity index (χ1) is 11.5. The number of hydrogen-bond acceptors (Lipinski definition) is 2. The van der Waals surface area contributed by atoms with Gasteiger partial charge in [-0.3, -0.25) is 9.59 Å². The Bertz CT molecular complexity index is 735. The van der Waals surface area contributed by atoms with Crippen LogP contribution in [0.3, 0.4) is 0 Å². The van der Waals surface area contributed by atoms with Crippen LogP contribution in [-0.2, 0) is 9.59 Å². The lowest BCUT2D eigenvalue weighted by Crippen LogP contribution is -2.48. The monoisotopic (exact) mass is 320 g/mol. The lowest BCUT2D eigenvalue weighted by atomic mass is 9.52. The summed E-state index contributed by atoms with van der Waals surface area (Å²) < 4.78 is 0. The number of ketones is 2. The molecule has 2 nitrogen and oxygen atoms in total. The van der Waals surface area contributed by atoms with Gasteiger partial charge in [0.15, 0.2) is 0 Å². The van der Waals surface area contributed by atoms with Crippen LogP contribution in [0.4, 0.5) is 0 Å². The number of Topliss-reactive ketones (excluding diaryl/α,β-unsaturated/α-hetero) is 2. The zero-order valence-corrected chi connectivity index (χ0v) is 14.5. The number of hydrogen-bond donors (Lipinski definition) is 0. The quantitative estimate of drug-likeness (QED) is 0.817. The molecular formula is C22H24O2. The van der Waals surface area contributed by atoms with Gasteiger partial charge in [0.2, 0.25) is 0 Å². The van der Waals surface area contributed by atoms with E-state index in [1.165, 1.54) is 0 Å². The minimum atomic E-state index is -0.587. The molecule has 4 atom stereocenters. The third kappa shape index (κ3) is 2.60. The lowest BCUT2D eigenvalue weighted by molar-refractivity contribution is -0.138. The summed E-state index contributed by atoms with van der Waals surface area (Å²) in [7, 11) is 0. The van der Waals surface area contributed by atoms with Crippen molar-refractivity contribution in [3.05, 3.63) is 71.8 Å². The summed E-state index contributed by atoms with van der Waals surface area (Å²) in [4.78, 5) is 25.6. The van der Waals surface area contributed by atoms with E-state index in [0.717, 1.165) is 11.1 Å². The van der Waals surface area contributed by atoms with Crippen LogP contribution < -0.4 is 0 Å². The van der Waals surface area contributed by atoms with Crippen molar-refractivity contribution >= 4 is 11.6 Å². The first kappa shape index (κ1) is 16.6. The fraction of sp³-hybridized carbons (Fsp3) is 0.364. The summed E-state index contributed by atoms with van der Waals surface area (Å²) in [6, 6.07) is 20.0. The Morgan fingerprint density at radius 2 is 1.46 bits per heavy atom. The van der Waals surface area contributed by atoms with E-state index in [0.29, 0.717) is 6.42 Å². The fourth-order valence-corrected chi connectivity index (χ4v) is 4.43. The second-order valence-electron chi connectivity index (χ2n) is 7.15. The molecule has 0 spiro atoms. The van der Waals surface area contributed by atoms with E-state index in [9.17, 15) is 9.59 Å². The molecular weight excluding hydrogens is 296 g/mol. The van der Waals surface area contributed by atoms with Gasteiger partial charge in [-0.15, -0.1) is 0 Å². The predicted octanol–water partition coefficient (Wildman–Crippen LogP) is 4.76. The molecule has 0 radical (unpaired) electrons. The maximum Gasteiger partial charge on any atom is 0.136 e. The van der Waals surface area contributed by atoms with E-state index in [1.807, 2.05) is 74.5 Å². The first-order valence-corrected chi connectivity index (χ1v) is 8.60. The van der Waals surface area contributed by atoms with E-state index in [1.54, 1.807) is 6.92 Å². The second kappa shape index (κ2) is 6.35. The largest absolute Gasteiger partial charge is 0.299 e. The van der Waals surface area contributed by atoms with E-state index < -0.39 is 5.41 Å². The van der Waals surface area contributed by atoms with E-state index >= 15 is 0 Å². The standard InChI is InChI=1S/C22H24O2/c1-15-20(24)14-19(17-10-6-4-7-11-17)22(3,16(2)23)21(15)18-12-8-5-9-13-18/h4-13,15,19,21H,14H2,1-3H3/t15-,19+,21+,22+/m1/s1. The Hall–Kier alpha value is -2.22. The maximum absolute atomic E-state index is 12.8. The van der Waals surface area contributed by atoms with Crippen LogP contribution in [-0.4, -0.2) is 11.6 Å². The van der Waals surface area contributed by atoms with Gasteiger partial charge in [0.1, 0.15) is 11.6 Å². The summed E-state index contributed by atoms with van der Waals surface area (Å²) in [5.41, 5.74) is 1.57. The Labute approximate surface area is 143 Å². The molecule has 0 saturated heterocycles. The molecule has 24 heavy (non-hydrogen) atoms. The van der Waals surface area contributed by atoms with Crippen molar-refractivity contribution in [3.8, 4) is 0 Å². The van der Waals surface area contributed by atoms with Gasteiger partial charge in [-0.25, -0.2) is 0 Å². The predicted molar refractivity (Wildman–Crippen MR) is 95.9 cm³/mol. The van der Waals surface area contributed by atoms with Crippen molar-refractivity contribution in [2.45, 2.75) is 39.0 Å². The maximum atomic E-state index is 12.8. The van der Waals surface area contributed by atoms with Crippen LogP contribution in [0.1, 0.15) is 50.2 Å². The number of carbonyl (C=O) groups is 2. The van der Waals surface area contributed by atoms with Gasteiger partial charge < -0.3 is 0 Å². The van der Waals surface area contributed by atoms with Crippen molar-refractivity contribution < 1.29 is 9.59 Å². The van der Waals surface area contributed by atoms with Gasteiger partial charge in [-0.2, -0.15) is 0 Å². The summed E-state index contributed by atoms with van der Waals surface area (Å²) in [6.45, 7) is 5.70. The van der Waals surface area contributed by atoms with E-state index in [2.05, 4.69) is 0 Å². The van der Waals surface area contributed by atoms with Gasteiger partial charge in [-0.05, 0) is 18.1 Å². The highest BCUT2D eigenvalue weighted by Gasteiger charge is 2.54. The molecule has 0 aliphatic heterocycles. The van der Waals surface area contributed by atoms with Gasteiger partial charge in [0.05, 0.1) is 0 Å². The van der Waals surface area contributed by atoms with Crippen molar-refractivity contribution in [3.63, 3.8) is 0 Å². The average Bonchev–Trinajstić information content (AvgIpc) is 2.60. The highest BCUT2D eigenvalue weighted by Crippen LogP contribution is 2.56. The van der Waals surface area contributed by atoms with Crippen molar-refractivity contribution in [1.29, 1.82) is 0 Å². The van der Waals surface area contributed by atoms with Gasteiger partial charge in [0.25, 0.3) is 0 Å². The Morgan fingerprint density at radius 1 is 0.958 bits per heavy atom. The zero-order chi connectivity index (χ0) is 17.3. The summed E-state index contributed by atoms with van der Waals surface area (Å²) >= 11 is 0. The average molecular weight is 320 g/mol. The summed E-state index contributed by atoms with van der Waals surface area (Å²) in [6.07, 6.45) is 0.435. The van der Waals surface area contributed by atoms with Crippen LogP contribution in [0.2, 0.25) is 0 Å². The molecule has 124 valence electrons. The molecule has 2 aromatic carbocycles. The molecule has 0 N–H and O–H groups in total. The van der Waals surface area contributed by atoms with Crippen LogP contribution >= 0.6 is 0 Å². The molecule has 2 aromatic rings. The van der Waals surface area contributed by atoms with Gasteiger partial charge in [0, 0.05) is 29.6 Å². The minimum absolute atomic E-state index is 0.0786. The Morgan fingerprint density at radius 3 is 1.96 bits per heavy atom. The molecule has 0 aromatic heterocycles. The molecule has 3 rings (SSSR count). The molecule has 1 saturated carbocycles. The summed E-state index contributed by atoms with van der Waals surface area (Å²) in [5.74, 6) is 0.0787. The second-order valence-corrected chi connectivity index (χ2v) is 7.15. The van der Waals surface area contributed by atoms with Crippen molar-refractivity contribution in [2.24, 2.45) is 11.3 Å². The van der Waals surface area contributed by atoms with Crippen LogP contribution in [0, 0.1) is 11.3 Å². The Kier molecular flexibility index (Phi) is 4.40. The van der Waals surface area contributed by atoms with Crippen LogP contribution in [0.25, 0.3) is 0 Å². The highest BCUT2D eigenvalue weighted by atomic mass is 16.1. The lowest BCUT2D eigenvalue weighted by Gasteiger charge is -2.48. The van der Waals surface area contributed by atoms with Gasteiger partial charge in [-0.1, -0.05) is 74.5 Å². The third-order valence-electron chi connectivity index (χ3n) is 5.90. The first-order valence-electron chi connectivity index (χ1n) is 8.60. The minimum Gasteiger partial charge on any atom is -0.299 e. The summed E-state index contributed by atoms with van der Waals surface area (Å²) in [5, 5.41) is 0. The molecule has 0 amide bonds. The SMILES string of the molecule is CC(=O)[C@]1(C)[C@H](c2ccccc2)[C@H](C)C(=O)C[C@H]1c1ccccc1. The molecule has 1 aliphatic rings. The molecule has 0 unspecified atom stereocenters. The highest BCUT2D eigenvalue weighted by molar-refractivity contribution is 5.92. The smallest absolute Gasteiger partial charge is 0.136 e. The van der Waals surface area contributed by atoms with E-state index in [-0.39, 0.29) is 29.3 Å². The number of rotatable bonds is 3. The topological polar surface area (TPSA) is 34.1 Å². The molecule has 1 aliphatic carbocycles. The number of benzene rings is 2. The third-order valence-corrected chi connectivity index (χ3v) is 5.90. The van der Waals surface area contributed by atoms with Crippen LogP contribution in [0.5, 0.6) is 0 Å². The molecule has 1 fully saturated rings. The van der Waals surface area contributed by atoms with E-state index in [4.69, 9.17) is 0 Å². The Balaban J connectivity index is 2.18.